The van der Waals surface area contributed by atoms with Crippen LogP contribution in [0, 0.1) is 0 Å². The molecule has 1 aliphatic rings. The minimum Gasteiger partial charge on any atom is -0.338 e. The summed E-state index contributed by atoms with van der Waals surface area (Å²) in [5.74, 6) is 0.0140. The highest BCUT2D eigenvalue weighted by molar-refractivity contribution is 5.92. The van der Waals surface area contributed by atoms with Crippen LogP contribution in [0.3, 0.4) is 0 Å². The summed E-state index contributed by atoms with van der Waals surface area (Å²) in [6.45, 7) is 1.44. The van der Waals surface area contributed by atoms with Crippen LogP contribution in [0.15, 0.2) is 42.5 Å². The van der Waals surface area contributed by atoms with Gasteiger partial charge in [0, 0.05) is 30.6 Å². The zero-order valence-corrected chi connectivity index (χ0v) is 11.9. The number of piperidine rings is 1. The topological polar surface area (TPSA) is 59.2 Å². The SMILES string of the molecule is NC1CCCN(C(=O)/C=C/c2ccc3ccccc3n2)C1. The van der Waals surface area contributed by atoms with Gasteiger partial charge in [0.25, 0.3) is 0 Å². The first-order chi connectivity index (χ1) is 10.2. The van der Waals surface area contributed by atoms with Crippen molar-refractivity contribution in [3.05, 3.63) is 48.2 Å². The maximum Gasteiger partial charge on any atom is 0.246 e. The number of carbonyl (C=O) groups excluding carboxylic acids is 1. The Morgan fingerprint density at radius 2 is 2.14 bits per heavy atom. The summed E-state index contributed by atoms with van der Waals surface area (Å²) in [4.78, 5) is 18.5. The van der Waals surface area contributed by atoms with Gasteiger partial charge in [0.05, 0.1) is 11.2 Å². The van der Waals surface area contributed by atoms with Crippen LogP contribution in [0.2, 0.25) is 0 Å². The summed E-state index contributed by atoms with van der Waals surface area (Å²) in [6, 6.07) is 12.0. The zero-order valence-electron chi connectivity index (χ0n) is 11.9. The molecule has 1 fully saturated rings. The molecule has 1 atom stereocenters. The molecule has 21 heavy (non-hydrogen) atoms. The summed E-state index contributed by atoms with van der Waals surface area (Å²) in [6.07, 6.45) is 5.35. The number of pyridine rings is 1. The predicted molar refractivity (Wildman–Crippen MR) is 84.6 cm³/mol. The van der Waals surface area contributed by atoms with E-state index in [2.05, 4.69) is 4.98 Å². The van der Waals surface area contributed by atoms with E-state index in [0.717, 1.165) is 36.0 Å². The number of amides is 1. The lowest BCUT2D eigenvalue weighted by Crippen LogP contribution is -2.45. The normalized spacial score (nSPS) is 19.3. The van der Waals surface area contributed by atoms with Crippen LogP contribution in [0.1, 0.15) is 18.5 Å². The number of benzene rings is 1. The highest BCUT2D eigenvalue weighted by Gasteiger charge is 2.19. The second kappa shape index (κ2) is 6.06. The van der Waals surface area contributed by atoms with Crippen LogP contribution < -0.4 is 5.73 Å². The Morgan fingerprint density at radius 3 is 3.00 bits per heavy atom. The lowest BCUT2D eigenvalue weighted by Gasteiger charge is -2.29. The molecule has 1 aliphatic heterocycles. The van der Waals surface area contributed by atoms with E-state index in [-0.39, 0.29) is 11.9 Å². The van der Waals surface area contributed by atoms with E-state index in [0.29, 0.717) is 6.54 Å². The van der Waals surface area contributed by atoms with Crippen LogP contribution >= 0.6 is 0 Å². The third kappa shape index (κ3) is 3.28. The van der Waals surface area contributed by atoms with E-state index in [1.54, 1.807) is 12.2 Å². The number of aromatic nitrogens is 1. The average molecular weight is 281 g/mol. The molecule has 108 valence electrons. The molecule has 1 aromatic carbocycles. The average Bonchev–Trinajstić information content (AvgIpc) is 2.52. The van der Waals surface area contributed by atoms with E-state index in [1.165, 1.54) is 0 Å². The van der Waals surface area contributed by atoms with Gasteiger partial charge in [-0.3, -0.25) is 4.79 Å². The Balaban J connectivity index is 1.73. The molecule has 0 aliphatic carbocycles. The Bertz CT molecular complexity index is 681. The second-order valence-electron chi connectivity index (χ2n) is 5.45. The molecule has 1 amide bonds. The molecule has 2 N–H and O–H groups in total. The van der Waals surface area contributed by atoms with Gasteiger partial charge in [0.1, 0.15) is 0 Å². The first-order valence-electron chi connectivity index (χ1n) is 7.31. The minimum absolute atomic E-state index is 0.0140. The molecule has 1 saturated heterocycles. The molecule has 4 nitrogen and oxygen atoms in total. The van der Waals surface area contributed by atoms with Crippen molar-refractivity contribution in [3.63, 3.8) is 0 Å². The first-order valence-corrected chi connectivity index (χ1v) is 7.31. The Morgan fingerprint density at radius 1 is 1.29 bits per heavy atom. The molecule has 0 saturated carbocycles. The summed E-state index contributed by atoms with van der Waals surface area (Å²) < 4.78 is 0. The third-order valence-corrected chi connectivity index (χ3v) is 3.79. The van der Waals surface area contributed by atoms with Gasteiger partial charge >= 0.3 is 0 Å². The molecular weight excluding hydrogens is 262 g/mol. The molecule has 0 spiro atoms. The van der Waals surface area contributed by atoms with Gasteiger partial charge in [-0.2, -0.15) is 0 Å². The van der Waals surface area contributed by atoms with Gasteiger partial charge < -0.3 is 10.6 Å². The molecule has 1 aromatic heterocycles. The van der Waals surface area contributed by atoms with Crippen molar-refractivity contribution in [3.8, 4) is 0 Å². The van der Waals surface area contributed by atoms with E-state index in [9.17, 15) is 4.79 Å². The van der Waals surface area contributed by atoms with Gasteiger partial charge in [-0.1, -0.05) is 24.3 Å². The van der Waals surface area contributed by atoms with E-state index in [1.807, 2.05) is 41.3 Å². The minimum atomic E-state index is 0.0140. The van der Waals surface area contributed by atoms with Crippen LogP contribution in [0.25, 0.3) is 17.0 Å². The fraction of sp³-hybridized carbons (Fsp3) is 0.294. The lowest BCUT2D eigenvalue weighted by molar-refractivity contribution is -0.127. The summed E-state index contributed by atoms with van der Waals surface area (Å²) in [5.41, 5.74) is 7.63. The molecular formula is C17H19N3O. The number of nitrogens with zero attached hydrogens (tertiary/aromatic N) is 2. The number of hydrogen-bond donors (Lipinski definition) is 1. The first kappa shape index (κ1) is 13.8. The van der Waals surface area contributed by atoms with Crippen LogP contribution in [0.5, 0.6) is 0 Å². The number of para-hydroxylation sites is 1. The summed E-state index contributed by atoms with van der Waals surface area (Å²) in [5, 5.41) is 1.10. The number of likely N-dealkylation sites (tertiary alicyclic amines) is 1. The fourth-order valence-electron chi connectivity index (χ4n) is 2.65. The van der Waals surface area contributed by atoms with E-state index in [4.69, 9.17) is 5.73 Å². The second-order valence-corrected chi connectivity index (χ2v) is 5.45. The maximum absolute atomic E-state index is 12.1. The quantitative estimate of drug-likeness (QED) is 0.858. The third-order valence-electron chi connectivity index (χ3n) is 3.79. The summed E-state index contributed by atoms with van der Waals surface area (Å²) in [7, 11) is 0. The predicted octanol–water partition coefficient (Wildman–Crippen LogP) is 2.20. The van der Waals surface area contributed by atoms with Crippen molar-refractivity contribution in [2.45, 2.75) is 18.9 Å². The van der Waals surface area contributed by atoms with Gasteiger partial charge in [0.2, 0.25) is 5.91 Å². The monoisotopic (exact) mass is 281 g/mol. The Labute approximate surface area is 124 Å². The van der Waals surface area contributed by atoms with Crippen LogP contribution in [-0.2, 0) is 4.79 Å². The zero-order chi connectivity index (χ0) is 14.7. The van der Waals surface area contributed by atoms with E-state index < -0.39 is 0 Å². The number of carbonyl (C=O) groups is 1. The number of fused-ring (bicyclic) bond motifs is 1. The van der Waals surface area contributed by atoms with Gasteiger partial charge in [-0.05, 0) is 31.1 Å². The maximum atomic E-state index is 12.1. The van der Waals surface area contributed by atoms with Crippen LogP contribution in [-0.4, -0.2) is 34.9 Å². The largest absolute Gasteiger partial charge is 0.338 e. The molecule has 0 bridgehead atoms. The lowest BCUT2D eigenvalue weighted by atomic mass is 10.1. The van der Waals surface area contributed by atoms with E-state index >= 15 is 0 Å². The molecule has 3 rings (SSSR count). The van der Waals surface area contributed by atoms with Crippen molar-refractivity contribution >= 4 is 22.9 Å². The smallest absolute Gasteiger partial charge is 0.246 e. The Kier molecular flexibility index (Phi) is 3.97. The van der Waals surface area contributed by atoms with Crippen molar-refractivity contribution in [1.82, 2.24) is 9.88 Å². The standard InChI is InChI=1S/C17H19N3O/c18-14-5-3-11-20(12-14)17(21)10-9-15-8-7-13-4-1-2-6-16(13)19-15/h1-2,4,6-10,14H,3,5,11-12,18H2/b10-9+. The fourth-order valence-corrected chi connectivity index (χ4v) is 2.65. The highest BCUT2D eigenvalue weighted by Crippen LogP contribution is 2.13. The molecule has 4 heteroatoms. The van der Waals surface area contributed by atoms with Crippen molar-refractivity contribution in [2.75, 3.05) is 13.1 Å². The van der Waals surface area contributed by atoms with Crippen LogP contribution in [0.4, 0.5) is 0 Å². The summed E-state index contributed by atoms with van der Waals surface area (Å²) >= 11 is 0. The number of nitrogens with two attached hydrogens (primary N) is 1. The Hall–Kier alpha value is -2.20. The highest BCUT2D eigenvalue weighted by atomic mass is 16.2. The number of hydrogen-bond acceptors (Lipinski definition) is 3. The number of rotatable bonds is 2. The van der Waals surface area contributed by atoms with Gasteiger partial charge in [-0.15, -0.1) is 0 Å². The van der Waals surface area contributed by atoms with Crippen molar-refractivity contribution in [2.24, 2.45) is 5.73 Å². The van der Waals surface area contributed by atoms with Crippen molar-refractivity contribution < 1.29 is 4.79 Å². The molecule has 0 radical (unpaired) electrons. The molecule has 2 aromatic rings. The van der Waals surface area contributed by atoms with Crippen molar-refractivity contribution in [1.29, 1.82) is 0 Å². The van der Waals surface area contributed by atoms with Gasteiger partial charge in [0.15, 0.2) is 0 Å². The molecule has 1 unspecified atom stereocenters. The molecule has 2 heterocycles. The van der Waals surface area contributed by atoms with Gasteiger partial charge in [-0.25, -0.2) is 4.98 Å².